The molecule has 0 aromatic heterocycles. The molecule has 0 N–H and O–H groups in total. The third-order valence-corrected chi connectivity index (χ3v) is 10.8. The summed E-state index contributed by atoms with van der Waals surface area (Å²) in [5.41, 5.74) is -10.8. The lowest BCUT2D eigenvalue weighted by molar-refractivity contribution is -0.0442. The van der Waals surface area contributed by atoms with E-state index in [0.29, 0.717) is 24.3 Å². The highest BCUT2D eigenvalue weighted by Gasteiger charge is 2.47. The van der Waals surface area contributed by atoms with Gasteiger partial charge in [-0.1, -0.05) is 60.7 Å². The summed E-state index contributed by atoms with van der Waals surface area (Å²) in [7, 11) is -15.7. The van der Waals surface area contributed by atoms with Crippen LogP contribution < -0.4 is 0 Å². The Morgan fingerprint density at radius 1 is 0.415 bits per heavy atom. The van der Waals surface area contributed by atoms with Gasteiger partial charge < -0.3 is 0 Å². The first kappa shape index (κ1) is 30.3. The van der Waals surface area contributed by atoms with Crippen LogP contribution in [0.4, 0.5) is 26.3 Å². The minimum atomic E-state index is -5.63. The van der Waals surface area contributed by atoms with Gasteiger partial charge in [-0.2, -0.15) is 26.3 Å². The molecule has 0 heterocycles. The fourth-order valence-electron chi connectivity index (χ4n) is 3.89. The van der Waals surface area contributed by atoms with E-state index < -0.39 is 50.3 Å². The Kier molecular flexibility index (Phi) is 7.60. The molecule has 0 fully saturated rings. The van der Waals surface area contributed by atoms with Crippen molar-refractivity contribution in [2.45, 2.75) is 30.6 Å². The summed E-state index contributed by atoms with van der Waals surface area (Å²) in [6.07, 6.45) is 0. The maximum Gasteiger partial charge on any atom is 0.501 e. The van der Waals surface area contributed by atoms with Gasteiger partial charge in [0, 0.05) is 11.1 Å². The minimum Gasteiger partial charge on any atom is -0.218 e. The molecule has 0 aliphatic rings. The highest BCUT2D eigenvalue weighted by Crippen LogP contribution is 2.38. The van der Waals surface area contributed by atoms with E-state index in [9.17, 15) is 51.6 Å². The zero-order valence-electron chi connectivity index (χ0n) is 20.2. The first-order valence-corrected chi connectivity index (χ1v) is 15.6. The van der Waals surface area contributed by atoms with E-state index in [0.717, 1.165) is 24.3 Å². The summed E-state index contributed by atoms with van der Waals surface area (Å²) in [5, 5.41) is 0. The molecule has 6 nitrogen and oxygen atoms in total. The molecule has 4 aromatic carbocycles. The normalized spacial score (nSPS) is 13.2. The van der Waals surface area contributed by atoms with Crippen molar-refractivity contribution in [3.63, 3.8) is 0 Å². The molecule has 4 aromatic rings. The second-order valence-electron chi connectivity index (χ2n) is 8.44. The van der Waals surface area contributed by atoms with E-state index in [-0.39, 0.29) is 32.0 Å². The van der Waals surface area contributed by atoms with Gasteiger partial charge in [-0.3, -0.25) is 0 Å². The van der Waals surface area contributed by atoms with Crippen molar-refractivity contribution in [1.82, 2.24) is 0 Å². The maximum atomic E-state index is 13.8. The van der Waals surface area contributed by atoms with Crippen LogP contribution in [0.25, 0.3) is 22.3 Å². The molecule has 0 saturated heterocycles. The van der Waals surface area contributed by atoms with Crippen LogP contribution in [0, 0.1) is 0 Å². The molecule has 0 radical (unpaired) electrons. The summed E-state index contributed by atoms with van der Waals surface area (Å²) in [6, 6.07) is 17.8. The van der Waals surface area contributed by atoms with Crippen molar-refractivity contribution in [1.29, 1.82) is 0 Å². The average molecular weight is 635 g/mol. The monoisotopic (exact) mass is 634 g/mol. The van der Waals surface area contributed by atoms with E-state index in [4.69, 9.17) is 0 Å². The minimum absolute atomic E-state index is 0.0323. The fraction of sp³-hybridized carbons (Fsp3) is 0.0769. The van der Waals surface area contributed by atoms with Gasteiger partial charge in [-0.25, -0.2) is 25.3 Å². The van der Waals surface area contributed by atoms with Crippen LogP contribution in [0.3, 0.4) is 0 Å². The summed E-state index contributed by atoms with van der Waals surface area (Å²) >= 11 is 0. The molecule has 216 valence electrons. The molecule has 4 rings (SSSR count). The third-order valence-electron chi connectivity index (χ3n) is 5.91. The molecule has 0 bridgehead atoms. The van der Waals surface area contributed by atoms with Crippen LogP contribution >= 0.6 is 0 Å². The van der Waals surface area contributed by atoms with Crippen LogP contribution in [0.1, 0.15) is 0 Å². The molecule has 0 unspecified atom stereocenters. The summed E-state index contributed by atoms with van der Waals surface area (Å²) in [5.74, 6) is 0. The Morgan fingerprint density at radius 3 is 1.00 bits per heavy atom. The number of hydrogen-bond acceptors (Lipinski definition) is 6. The number of alkyl halides is 6. The van der Waals surface area contributed by atoms with Crippen LogP contribution in [-0.4, -0.2) is 36.3 Å². The standard InChI is InChI=1S/C26H16F6O6S3/c27-25(28,29)40(35,36)19-13-9-17(10-14-19)21-5-1-3-7-23(21)39(33,34)24-8-4-2-6-22(24)18-11-15-20(16-12-18)41(37,38)26(30,31)32/h1-16H. The zero-order valence-corrected chi connectivity index (χ0v) is 22.6. The maximum absolute atomic E-state index is 13.8. The molecule has 0 aliphatic carbocycles. The molecule has 0 spiro atoms. The Bertz CT molecular complexity index is 1790. The number of sulfone groups is 3. The molecule has 15 heteroatoms. The summed E-state index contributed by atoms with van der Waals surface area (Å²) in [6.45, 7) is 0. The van der Waals surface area contributed by atoms with E-state index in [2.05, 4.69) is 0 Å². The van der Waals surface area contributed by atoms with Crippen molar-refractivity contribution in [2.75, 3.05) is 0 Å². The van der Waals surface area contributed by atoms with Crippen LogP contribution in [0.2, 0.25) is 0 Å². The molecule has 0 aliphatic heterocycles. The van der Waals surface area contributed by atoms with Crippen LogP contribution in [0.5, 0.6) is 0 Å². The van der Waals surface area contributed by atoms with Gasteiger partial charge in [0.1, 0.15) is 0 Å². The van der Waals surface area contributed by atoms with Crippen molar-refractivity contribution in [3.8, 4) is 22.3 Å². The lowest BCUT2D eigenvalue weighted by atomic mass is 10.1. The van der Waals surface area contributed by atoms with Gasteiger partial charge in [0.05, 0.1) is 19.6 Å². The van der Waals surface area contributed by atoms with Gasteiger partial charge in [0.15, 0.2) is 0 Å². The second kappa shape index (κ2) is 10.3. The summed E-state index contributed by atoms with van der Waals surface area (Å²) in [4.78, 5) is -2.66. The predicted octanol–water partition coefficient (Wildman–Crippen LogP) is 6.44. The Balaban J connectivity index is 1.80. The summed E-state index contributed by atoms with van der Waals surface area (Å²) < 4.78 is 152. The molecule has 0 atom stereocenters. The van der Waals surface area contributed by atoms with Crippen molar-refractivity contribution >= 4 is 29.5 Å². The Labute approximate surface area is 230 Å². The van der Waals surface area contributed by atoms with Gasteiger partial charge in [-0.05, 0) is 47.5 Å². The average Bonchev–Trinajstić information content (AvgIpc) is 2.92. The lowest BCUT2D eigenvalue weighted by Gasteiger charge is -2.15. The largest absolute Gasteiger partial charge is 0.501 e. The smallest absolute Gasteiger partial charge is 0.218 e. The Morgan fingerprint density at radius 2 is 0.707 bits per heavy atom. The quantitative estimate of drug-likeness (QED) is 0.226. The van der Waals surface area contributed by atoms with Gasteiger partial charge >= 0.3 is 11.0 Å². The third kappa shape index (κ3) is 5.48. The SMILES string of the molecule is O=S(=O)(c1ccccc1-c1ccc(S(=O)(=O)C(F)(F)F)cc1)c1ccccc1-c1ccc(S(=O)(=O)C(F)(F)F)cc1. The van der Waals surface area contributed by atoms with Gasteiger partial charge in [-0.15, -0.1) is 0 Å². The van der Waals surface area contributed by atoms with Gasteiger partial charge in [0.25, 0.3) is 19.7 Å². The molecular formula is C26H16F6O6S3. The highest BCUT2D eigenvalue weighted by molar-refractivity contribution is 7.92. The van der Waals surface area contributed by atoms with E-state index >= 15 is 0 Å². The van der Waals surface area contributed by atoms with Crippen molar-refractivity contribution < 1.29 is 51.6 Å². The number of hydrogen-bond donors (Lipinski definition) is 0. The lowest BCUT2D eigenvalue weighted by Crippen LogP contribution is -2.23. The van der Waals surface area contributed by atoms with E-state index in [1.807, 2.05) is 0 Å². The molecule has 0 amide bonds. The molecular weight excluding hydrogens is 618 g/mol. The molecule has 0 saturated carbocycles. The Hall–Kier alpha value is -3.69. The van der Waals surface area contributed by atoms with Crippen molar-refractivity contribution in [3.05, 3.63) is 97.1 Å². The number of halogens is 6. The van der Waals surface area contributed by atoms with Gasteiger partial charge in [0.2, 0.25) is 9.84 Å². The first-order chi connectivity index (χ1) is 18.9. The first-order valence-electron chi connectivity index (χ1n) is 11.2. The number of rotatable bonds is 6. The van der Waals surface area contributed by atoms with E-state index in [1.54, 1.807) is 0 Å². The topological polar surface area (TPSA) is 102 Å². The van der Waals surface area contributed by atoms with Crippen LogP contribution in [-0.2, 0) is 29.5 Å². The highest BCUT2D eigenvalue weighted by atomic mass is 32.2. The second-order valence-corrected chi connectivity index (χ2v) is 14.2. The van der Waals surface area contributed by atoms with Crippen molar-refractivity contribution in [2.24, 2.45) is 0 Å². The number of benzene rings is 4. The molecule has 41 heavy (non-hydrogen) atoms. The van der Waals surface area contributed by atoms with Crippen LogP contribution in [0.15, 0.2) is 117 Å². The predicted molar refractivity (Wildman–Crippen MR) is 136 cm³/mol. The zero-order chi connectivity index (χ0) is 30.4. The van der Waals surface area contributed by atoms with E-state index in [1.165, 1.54) is 48.5 Å². The fourth-order valence-corrected chi connectivity index (χ4v) is 7.12.